The number of carbonyl (C=O) groups is 1. The van der Waals surface area contributed by atoms with Crippen LogP contribution in [-0.2, 0) is 4.74 Å². The number of fused-ring (bicyclic) bond motifs is 2. The van der Waals surface area contributed by atoms with Gasteiger partial charge in [0.25, 0.3) is 0 Å². The maximum absolute atomic E-state index is 12.5. The van der Waals surface area contributed by atoms with Crippen LogP contribution in [0.15, 0.2) is 18.2 Å². The number of nitrogens with zero attached hydrogens (tertiary/aromatic N) is 1. The van der Waals surface area contributed by atoms with Crippen LogP contribution in [0.1, 0.15) is 47.2 Å². The maximum Gasteiger partial charge on any atom is 0.166 e. The Bertz CT molecular complexity index is 546. The molecule has 1 aromatic rings. The minimum Gasteiger partial charge on any atom is -0.375 e. The third-order valence-corrected chi connectivity index (χ3v) is 4.29. The van der Waals surface area contributed by atoms with Gasteiger partial charge in [-0.1, -0.05) is 6.07 Å². The van der Waals surface area contributed by atoms with E-state index in [0.29, 0.717) is 5.56 Å². The highest BCUT2D eigenvalue weighted by Gasteiger charge is 2.38. The summed E-state index contributed by atoms with van der Waals surface area (Å²) < 4.78 is 5.78. The van der Waals surface area contributed by atoms with Crippen LogP contribution in [0, 0.1) is 24.2 Å². The van der Waals surface area contributed by atoms with Gasteiger partial charge in [0.05, 0.1) is 23.8 Å². The largest absolute Gasteiger partial charge is 0.375 e. The number of Topliss-reactive ketones (excluding diaryl/α,β-unsaturated/α-hetero) is 1. The van der Waals surface area contributed by atoms with Crippen molar-refractivity contribution in [2.24, 2.45) is 5.92 Å². The van der Waals surface area contributed by atoms with E-state index in [1.54, 1.807) is 12.1 Å². The fourth-order valence-electron chi connectivity index (χ4n) is 3.25. The Morgan fingerprint density at radius 1 is 1.32 bits per heavy atom. The van der Waals surface area contributed by atoms with Crippen molar-refractivity contribution in [2.75, 3.05) is 0 Å². The van der Waals surface area contributed by atoms with E-state index in [2.05, 4.69) is 6.07 Å². The minimum atomic E-state index is 0.0959. The number of ether oxygens (including phenoxy) is 1. The van der Waals surface area contributed by atoms with Crippen LogP contribution in [0.2, 0.25) is 0 Å². The second kappa shape index (κ2) is 4.79. The molecule has 3 nitrogen and oxygen atoms in total. The van der Waals surface area contributed by atoms with Gasteiger partial charge in [-0.15, -0.1) is 0 Å². The normalized spacial score (nSPS) is 28.9. The number of nitriles is 1. The van der Waals surface area contributed by atoms with Gasteiger partial charge >= 0.3 is 0 Å². The van der Waals surface area contributed by atoms with Crippen molar-refractivity contribution in [3.05, 3.63) is 34.9 Å². The van der Waals surface area contributed by atoms with E-state index in [4.69, 9.17) is 10.00 Å². The van der Waals surface area contributed by atoms with E-state index < -0.39 is 0 Å². The van der Waals surface area contributed by atoms with Crippen molar-refractivity contribution in [3.63, 3.8) is 0 Å². The van der Waals surface area contributed by atoms with E-state index in [-0.39, 0.29) is 23.9 Å². The first kappa shape index (κ1) is 12.4. The Balaban J connectivity index is 1.80. The highest BCUT2D eigenvalue weighted by Crippen LogP contribution is 2.37. The number of carbonyl (C=O) groups excluding carboxylic acids is 1. The first-order valence-corrected chi connectivity index (χ1v) is 6.88. The summed E-state index contributed by atoms with van der Waals surface area (Å²) in [5.74, 6) is 0.311. The molecule has 2 unspecified atom stereocenters. The van der Waals surface area contributed by atoms with Gasteiger partial charge in [0, 0.05) is 11.5 Å². The van der Waals surface area contributed by atoms with Crippen LogP contribution in [-0.4, -0.2) is 18.0 Å². The minimum absolute atomic E-state index is 0.0959. The van der Waals surface area contributed by atoms with Crippen LogP contribution >= 0.6 is 0 Å². The Morgan fingerprint density at radius 3 is 2.58 bits per heavy atom. The smallest absolute Gasteiger partial charge is 0.166 e. The second-order valence-electron chi connectivity index (χ2n) is 5.63. The lowest BCUT2D eigenvalue weighted by molar-refractivity contribution is -0.0149. The van der Waals surface area contributed by atoms with Crippen molar-refractivity contribution in [1.82, 2.24) is 0 Å². The molecule has 0 aliphatic carbocycles. The lowest BCUT2D eigenvalue weighted by Crippen LogP contribution is -2.30. The number of hydrogen-bond acceptors (Lipinski definition) is 3. The highest BCUT2D eigenvalue weighted by atomic mass is 16.5. The molecule has 19 heavy (non-hydrogen) atoms. The van der Waals surface area contributed by atoms with Crippen molar-refractivity contribution in [2.45, 2.75) is 44.8 Å². The molecule has 0 radical (unpaired) electrons. The van der Waals surface area contributed by atoms with Crippen molar-refractivity contribution in [3.8, 4) is 6.07 Å². The zero-order valence-electron chi connectivity index (χ0n) is 11.1. The number of hydrogen-bond donors (Lipinski definition) is 0. The number of ketones is 1. The first-order chi connectivity index (χ1) is 9.17. The van der Waals surface area contributed by atoms with Gasteiger partial charge in [-0.25, -0.2) is 0 Å². The van der Waals surface area contributed by atoms with Gasteiger partial charge in [0.1, 0.15) is 0 Å². The maximum atomic E-state index is 12.5. The summed E-state index contributed by atoms with van der Waals surface area (Å²) >= 11 is 0. The van der Waals surface area contributed by atoms with Crippen LogP contribution in [0.4, 0.5) is 0 Å². The predicted octanol–water partition coefficient (Wildman–Crippen LogP) is 3.01. The summed E-state index contributed by atoms with van der Waals surface area (Å²) in [4.78, 5) is 12.5. The second-order valence-corrected chi connectivity index (χ2v) is 5.63. The van der Waals surface area contributed by atoms with Crippen LogP contribution < -0.4 is 0 Å². The molecule has 2 fully saturated rings. The molecule has 98 valence electrons. The van der Waals surface area contributed by atoms with Crippen molar-refractivity contribution < 1.29 is 9.53 Å². The topological polar surface area (TPSA) is 50.1 Å². The molecule has 2 bridgehead atoms. The summed E-state index contributed by atoms with van der Waals surface area (Å²) in [6.45, 7) is 1.88. The Labute approximate surface area is 113 Å². The molecule has 3 heteroatoms. The number of benzene rings is 1. The molecule has 0 aromatic heterocycles. The summed E-state index contributed by atoms with van der Waals surface area (Å²) in [6.07, 6.45) is 4.48. The highest BCUT2D eigenvalue weighted by molar-refractivity contribution is 5.98. The molecule has 2 heterocycles. The zero-order valence-corrected chi connectivity index (χ0v) is 11.1. The Kier molecular flexibility index (Phi) is 3.12. The molecule has 1 aromatic carbocycles. The Hall–Kier alpha value is -1.66. The monoisotopic (exact) mass is 255 g/mol. The fourth-order valence-corrected chi connectivity index (χ4v) is 3.25. The first-order valence-electron chi connectivity index (χ1n) is 6.88. The molecule has 2 aliphatic heterocycles. The summed E-state index contributed by atoms with van der Waals surface area (Å²) in [5, 5.41) is 8.92. The molecule has 2 atom stereocenters. The zero-order chi connectivity index (χ0) is 13.4. The van der Waals surface area contributed by atoms with Gasteiger partial charge < -0.3 is 4.74 Å². The third-order valence-electron chi connectivity index (χ3n) is 4.29. The van der Waals surface area contributed by atoms with Gasteiger partial charge in [-0.3, -0.25) is 4.79 Å². The van der Waals surface area contributed by atoms with E-state index in [0.717, 1.165) is 36.8 Å². The predicted molar refractivity (Wildman–Crippen MR) is 70.8 cm³/mol. The van der Waals surface area contributed by atoms with E-state index in [1.807, 2.05) is 13.0 Å². The number of rotatable bonds is 2. The summed E-state index contributed by atoms with van der Waals surface area (Å²) in [5.41, 5.74) is 2.26. The van der Waals surface area contributed by atoms with E-state index in [1.165, 1.54) is 0 Å². The van der Waals surface area contributed by atoms with Crippen molar-refractivity contribution in [1.29, 1.82) is 5.26 Å². The molecule has 0 spiro atoms. The van der Waals surface area contributed by atoms with Crippen LogP contribution in [0.3, 0.4) is 0 Å². The summed E-state index contributed by atoms with van der Waals surface area (Å²) in [7, 11) is 0. The SMILES string of the molecule is Cc1cc(C(=O)C2CC3CCC(C2)O3)ccc1C#N. The molecular formula is C16H17NO2. The summed E-state index contributed by atoms with van der Waals surface area (Å²) in [6, 6.07) is 7.51. The average Bonchev–Trinajstić information content (AvgIpc) is 2.76. The van der Waals surface area contributed by atoms with Gasteiger partial charge in [-0.2, -0.15) is 5.26 Å². The fraction of sp³-hybridized carbons (Fsp3) is 0.500. The van der Waals surface area contributed by atoms with E-state index >= 15 is 0 Å². The number of aryl methyl sites for hydroxylation is 1. The van der Waals surface area contributed by atoms with Gasteiger partial charge in [0.2, 0.25) is 0 Å². The molecule has 0 N–H and O–H groups in total. The average molecular weight is 255 g/mol. The van der Waals surface area contributed by atoms with E-state index in [9.17, 15) is 4.79 Å². The molecule has 2 aliphatic rings. The van der Waals surface area contributed by atoms with Crippen LogP contribution in [0.25, 0.3) is 0 Å². The van der Waals surface area contributed by atoms with Gasteiger partial charge in [-0.05, 0) is 50.3 Å². The third kappa shape index (κ3) is 2.29. The quantitative estimate of drug-likeness (QED) is 0.763. The molecule has 3 rings (SSSR count). The molecule has 2 saturated heterocycles. The van der Waals surface area contributed by atoms with Gasteiger partial charge in [0.15, 0.2) is 5.78 Å². The lowest BCUT2D eigenvalue weighted by Gasteiger charge is -2.27. The molecule has 0 saturated carbocycles. The molecular weight excluding hydrogens is 238 g/mol. The standard InChI is InChI=1S/C16H17NO2/c1-10-6-11(2-3-12(10)9-17)16(18)13-7-14-4-5-15(8-13)19-14/h2-3,6,13-15H,4-5,7-8H2,1H3. The molecule has 0 amide bonds. The lowest BCUT2D eigenvalue weighted by atomic mass is 9.87. The Morgan fingerprint density at radius 2 is 2.00 bits per heavy atom. The van der Waals surface area contributed by atoms with Crippen molar-refractivity contribution >= 4 is 5.78 Å². The van der Waals surface area contributed by atoms with Crippen LogP contribution in [0.5, 0.6) is 0 Å².